The van der Waals surface area contributed by atoms with Gasteiger partial charge in [0.15, 0.2) is 0 Å². The first-order valence-electron chi connectivity index (χ1n) is 3.52. The topological polar surface area (TPSA) is 38.3 Å². The molecule has 3 nitrogen and oxygen atoms in total. The summed E-state index contributed by atoms with van der Waals surface area (Å²) < 4.78 is 4.80. The maximum Gasteiger partial charge on any atom is 0.248 e. The summed E-state index contributed by atoms with van der Waals surface area (Å²) in [5.74, 6) is -0.0376. The van der Waals surface area contributed by atoms with Crippen molar-refractivity contribution < 1.29 is 9.53 Å². The van der Waals surface area contributed by atoms with Crippen molar-refractivity contribution in [2.75, 3.05) is 13.7 Å². The molecule has 0 aliphatic heterocycles. The number of nitrogens with one attached hydrogen (secondary N) is 1. The average Bonchev–Trinajstić information content (AvgIpc) is 1.98. The van der Waals surface area contributed by atoms with E-state index in [0.717, 1.165) is 13.0 Å². The lowest BCUT2D eigenvalue weighted by Crippen LogP contribution is -2.34. The van der Waals surface area contributed by atoms with E-state index in [1.165, 1.54) is 7.11 Å². The van der Waals surface area contributed by atoms with Crippen molar-refractivity contribution in [2.45, 2.75) is 26.4 Å². The molecule has 1 unspecified atom stereocenters. The van der Waals surface area contributed by atoms with E-state index >= 15 is 0 Å². The molecular formula is C7H15NO2. The molecule has 10 heavy (non-hydrogen) atoms. The van der Waals surface area contributed by atoms with E-state index in [0.29, 0.717) is 0 Å². The summed E-state index contributed by atoms with van der Waals surface area (Å²) in [7, 11) is 1.52. The highest BCUT2D eigenvalue weighted by Crippen LogP contribution is 1.86. The fourth-order valence-electron chi connectivity index (χ4n) is 0.499. The second-order valence-corrected chi connectivity index (χ2v) is 2.17. The molecular weight excluding hydrogens is 130 g/mol. The molecule has 3 heteroatoms. The molecule has 0 fully saturated rings. The summed E-state index contributed by atoms with van der Waals surface area (Å²) in [6.45, 7) is 4.47. The molecule has 1 atom stereocenters. The van der Waals surface area contributed by atoms with Crippen molar-refractivity contribution in [1.29, 1.82) is 0 Å². The third-order valence-electron chi connectivity index (χ3n) is 1.27. The van der Waals surface area contributed by atoms with Gasteiger partial charge in [-0.05, 0) is 13.3 Å². The summed E-state index contributed by atoms with van der Waals surface area (Å²) in [5, 5.41) is 2.72. The molecule has 0 heterocycles. The van der Waals surface area contributed by atoms with Gasteiger partial charge in [0, 0.05) is 13.7 Å². The Morgan fingerprint density at radius 3 is 2.70 bits per heavy atom. The van der Waals surface area contributed by atoms with Crippen molar-refractivity contribution in [3.05, 3.63) is 0 Å². The maximum atomic E-state index is 10.9. The second kappa shape index (κ2) is 5.23. The van der Waals surface area contributed by atoms with Crippen molar-refractivity contribution in [1.82, 2.24) is 5.32 Å². The molecule has 0 aromatic rings. The molecule has 0 spiro atoms. The van der Waals surface area contributed by atoms with Crippen LogP contribution in [0, 0.1) is 0 Å². The highest BCUT2D eigenvalue weighted by molar-refractivity contribution is 5.80. The maximum absolute atomic E-state index is 10.9. The summed E-state index contributed by atoms with van der Waals surface area (Å²) in [4.78, 5) is 10.9. The monoisotopic (exact) mass is 145 g/mol. The summed E-state index contributed by atoms with van der Waals surface area (Å²) in [5.41, 5.74) is 0. The van der Waals surface area contributed by atoms with E-state index in [1.54, 1.807) is 6.92 Å². The van der Waals surface area contributed by atoms with Gasteiger partial charge in [-0.15, -0.1) is 0 Å². The third-order valence-corrected chi connectivity index (χ3v) is 1.27. The molecule has 0 aromatic heterocycles. The van der Waals surface area contributed by atoms with Gasteiger partial charge >= 0.3 is 0 Å². The van der Waals surface area contributed by atoms with Crippen LogP contribution in [0.25, 0.3) is 0 Å². The van der Waals surface area contributed by atoms with Gasteiger partial charge in [-0.3, -0.25) is 4.79 Å². The van der Waals surface area contributed by atoms with Crippen molar-refractivity contribution in [3.63, 3.8) is 0 Å². The molecule has 1 amide bonds. The number of carbonyl (C=O) groups excluding carboxylic acids is 1. The van der Waals surface area contributed by atoms with Gasteiger partial charge in [0.2, 0.25) is 5.91 Å². The highest BCUT2D eigenvalue weighted by Gasteiger charge is 2.08. The van der Waals surface area contributed by atoms with Gasteiger partial charge < -0.3 is 10.1 Å². The normalized spacial score (nSPS) is 12.7. The second-order valence-electron chi connectivity index (χ2n) is 2.17. The minimum atomic E-state index is -0.327. The minimum Gasteiger partial charge on any atom is -0.372 e. The first-order chi connectivity index (χ1) is 4.72. The van der Waals surface area contributed by atoms with E-state index in [-0.39, 0.29) is 12.0 Å². The minimum absolute atomic E-state index is 0.0376. The molecule has 0 bridgehead atoms. The summed E-state index contributed by atoms with van der Waals surface area (Å²) in [6, 6.07) is 0. The molecule has 0 aliphatic carbocycles. The number of hydrogen-bond donors (Lipinski definition) is 1. The molecule has 0 aliphatic rings. The Kier molecular flexibility index (Phi) is 4.94. The Labute approximate surface area is 61.8 Å². The molecule has 0 saturated heterocycles. The van der Waals surface area contributed by atoms with Gasteiger partial charge in [-0.2, -0.15) is 0 Å². The number of hydrogen-bond acceptors (Lipinski definition) is 2. The molecule has 1 N–H and O–H groups in total. The molecule has 0 rings (SSSR count). The van der Waals surface area contributed by atoms with Crippen LogP contribution in [0.1, 0.15) is 20.3 Å². The number of amides is 1. The van der Waals surface area contributed by atoms with Crippen LogP contribution >= 0.6 is 0 Å². The predicted molar refractivity (Wildman–Crippen MR) is 39.8 cm³/mol. The largest absolute Gasteiger partial charge is 0.372 e. The number of methoxy groups -OCH3 is 1. The van der Waals surface area contributed by atoms with Crippen LogP contribution in [0.4, 0.5) is 0 Å². The van der Waals surface area contributed by atoms with Crippen LogP contribution in [-0.2, 0) is 9.53 Å². The van der Waals surface area contributed by atoms with Crippen LogP contribution in [0.5, 0.6) is 0 Å². The van der Waals surface area contributed by atoms with Crippen LogP contribution in [0.2, 0.25) is 0 Å². The SMILES string of the molecule is CCCNC(=O)C(C)OC. The Hall–Kier alpha value is -0.570. The molecule has 60 valence electrons. The summed E-state index contributed by atoms with van der Waals surface area (Å²) >= 11 is 0. The predicted octanol–water partition coefficient (Wildman–Crippen LogP) is 0.547. The standard InChI is InChI=1S/C7H15NO2/c1-4-5-8-7(9)6(2)10-3/h6H,4-5H2,1-3H3,(H,8,9). The number of ether oxygens (including phenoxy) is 1. The fourth-order valence-corrected chi connectivity index (χ4v) is 0.499. The van der Waals surface area contributed by atoms with Gasteiger partial charge in [0.25, 0.3) is 0 Å². The van der Waals surface area contributed by atoms with Crippen molar-refractivity contribution >= 4 is 5.91 Å². The lowest BCUT2D eigenvalue weighted by atomic mass is 10.3. The van der Waals surface area contributed by atoms with Crippen molar-refractivity contribution in [2.24, 2.45) is 0 Å². The van der Waals surface area contributed by atoms with E-state index in [4.69, 9.17) is 4.74 Å². The van der Waals surface area contributed by atoms with Gasteiger partial charge in [-0.1, -0.05) is 6.92 Å². The zero-order chi connectivity index (χ0) is 7.98. The van der Waals surface area contributed by atoms with Gasteiger partial charge in [-0.25, -0.2) is 0 Å². The van der Waals surface area contributed by atoms with E-state index in [9.17, 15) is 4.79 Å². The lowest BCUT2D eigenvalue weighted by molar-refractivity contribution is -0.130. The van der Waals surface area contributed by atoms with Crippen LogP contribution in [0.15, 0.2) is 0 Å². The first kappa shape index (κ1) is 9.43. The summed E-state index contributed by atoms with van der Waals surface area (Å²) in [6.07, 6.45) is 0.633. The average molecular weight is 145 g/mol. The number of carbonyl (C=O) groups is 1. The Morgan fingerprint density at radius 2 is 2.30 bits per heavy atom. The molecule has 0 aromatic carbocycles. The third kappa shape index (κ3) is 3.45. The lowest BCUT2D eigenvalue weighted by Gasteiger charge is -2.08. The highest BCUT2D eigenvalue weighted by atomic mass is 16.5. The van der Waals surface area contributed by atoms with E-state index in [2.05, 4.69) is 5.32 Å². The van der Waals surface area contributed by atoms with Crippen LogP contribution in [-0.4, -0.2) is 25.7 Å². The fraction of sp³-hybridized carbons (Fsp3) is 0.857. The van der Waals surface area contributed by atoms with E-state index < -0.39 is 0 Å². The Bertz CT molecular complexity index is 104. The van der Waals surface area contributed by atoms with Crippen LogP contribution in [0.3, 0.4) is 0 Å². The van der Waals surface area contributed by atoms with E-state index in [1.807, 2.05) is 6.92 Å². The first-order valence-corrected chi connectivity index (χ1v) is 3.52. The smallest absolute Gasteiger partial charge is 0.248 e. The van der Waals surface area contributed by atoms with Gasteiger partial charge in [0.05, 0.1) is 0 Å². The number of rotatable bonds is 4. The Morgan fingerprint density at radius 1 is 1.70 bits per heavy atom. The quantitative estimate of drug-likeness (QED) is 0.627. The van der Waals surface area contributed by atoms with Crippen LogP contribution < -0.4 is 5.32 Å². The zero-order valence-electron chi connectivity index (χ0n) is 6.81. The molecule has 0 radical (unpaired) electrons. The molecule has 0 saturated carbocycles. The Balaban J connectivity index is 3.42. The van der Waals surface area contributed by atoms with Gasteiger partial charge in [0.1, 0.15) is 6.10 Å². The zero-order valence-corrected chi connectivity index (χ0v) is 6.81. The van der Waals surface area contributed by atoms with Crippen molar-refractivity contribution in [3.8, 4) is 0 Å².